The van der Waals surface area contributed by atoms with E-state index in [4.69, 9.17) is 4.74 Å². The maximum Gasteiger partial charge on any atom is 0.218 e. The van der Waals surface area contributed by atoms with E-state index < -0.39 is 12.2 Å². The number of aryl methyl sites for hydroxylation is 1. The largest absolute Gasteiger partial charge is 0.478 e. The van der Waals surface area contributed by atoms with Gasteiger partial charge in [0.2, 0.25) is 5.88 Å². The lowest BCUT2D eigenvalue weighted by Gasteiger charge is -2.30. The molecule has 6 heteroatoms. The van der Waals surface area contributed by atoms with Gasteiger partial charge in [-0.05, 0) is 33.1 Å². The van der Waals surface area contributed by atoms with Crippen LogP contribution in [0, 0.1) is 6.92 Å². The summed E-state index contributed by atoms with van der Waals surface area (Å²) >= 11 is 0. The molecule has 0 saturated heterocycles. The summed E-state index contributed by atoms with van der Waals surface area (Å²) in [7, 11) is 0. The minimum absolute atomic E-state index is 0.113. The molecule has 0 aliphatic heterocycles. The lowest BCUT2D eigenvalue weighted by Crippen LogP contribution is -2.39. The molecule has 1 unspecified atom stereocenters. The fraction of sp³-hybridized carbons (Fsp3) is 0.692. The zero-order chi connectivity index (χ0) is 13.8. The summed E-state index contributed by atoms with van der Waals surface area (Å²) in [5.41, 5.74) is 0. The summed E-state index contributed by atoms with van der Waals surface area (Å²) in [4.78, 5) is 8.49. The second-order valence-corrected chi connectivity index (χ2v) is 4.86. The van der Waals surface area contributed by atoms with Gasteiger partial charge in [0, 0.05) is 12.1 Å². The molecule has 1 aromatic heterocycles. The summed E-state index contributed by atoms with van der Waals surface area (Å²) in [6.07, 6.45) is 0.658. The molecular formula is C13H21N3O3. The number of aromatic nitrogens is 2. The SMILES string of the molecule is CCOc1cc(NC2CC[C@@H](O)[C@@H](O)C2)nc(C)n1. The van der Waals surface area contributed by atoms with Crippen molar-refractivity contribution in [2.24, 2.45) is 0 Å². The van der Waals surface area contributed by atoms with Crippen molar-refractivity contribution >= 4 is 5.82 Å². The number of hydrogen-bond donors (Lipinski definition) is 3. The second-order valence-electron chi connectivity index (χ2n) is 4.86. The first-order chi connectivity index (χ1) is 9.08. The van der Waals surface area contributed by atoms with Gasteiger partial charge in [0.15, 0.2) is 0 Å². The summed E-state index contributed by atoms with van der Waals surface area (Å²) < 4.78 is 5.37. The molecule has 6 nitrogen and oxygen atoms in total. The maximum atomic E-state index is 9.67. The number of ether oxygens (including phenoxy) is 1. The molecule has 3 atom stereocenters. The quantitative estimate of drug-likeness (QED) is 0.750. The molecule has 106 valence electrons. The van der Waals surface area contributed by atoms with Crippen LogP contribution >= 0.6 is 0 Å². The zero-order valence-electron chi connectivity index (χ0n) is 11.3. The van der Waals surface area contributed by atoms with E-state index in [2.05, 4.69) is 15.3 Å². The van der Waals surface area contributed by atoms with Crippen LogP contribution < -0.4 is 10.1 Å². The minimum atomic E-state index is -0.666. The highest BCUT2D eigenvalue weighted by Gasteiger charge is 2.27. The molecule has 0 aromatic carbocycles. The first kappa shape index (κ1) is 14.0. The van der Waals surface area contributed by atoms with Gasteiger partial charge in [0.1, 0.15) is 11.6 Å². The van der Waals surface area contributed by atoms with E-state index >= 15 is 0 Å². The molecule has 1 saturated carbocycles. The van der Waals surface area contributed by atoms with Gasteiger partial charge in [0.05, 0.1) is 18.8 Å². The van der Waals surface area contributed by atoms with Gasteiger partial charge < -0.3 is 20.3 Å². The molecule has 0 amide bonds. The van der Waals surface area contributed by atoms with E-state index in [-0.39, 0.29) is 6.04 Å². The van der Waals surface area contributed by atoms with E-state index in [1.54, 1.807) is 6.07 Å². The molecule has 3 N–H and O–H groups in total. The van der Waals surface area contributed by atoms with E-state index in [0.29, 0.717) is 37.0 Å². The monoisotopic (exact) mass is 267 g/mol. The van der Waals surface area contributed by atoms with Crippen LogP contribution in [0.3, 0.4) is 0 Å². The normalized spacial score (nSPS) is 27.1. The average Bonchev–Trinajstić information content (AvgIpc) is 2.33. The van der Waals surface area contributed by atoms with Gasteiger partial charge >= 0.3 is 0 Å². The molecular weight excluding hydrogens is 246 g/mol. The third-order valence-corrected chi connectivity index (χ3v) is 3.24. The first-order valence-corrected chi connectivity index (χ1v) is 6.69. The highest BCUT2D eigenvalue weighted by Crippen LogP contribution is 2.23. The zero-order valence-corrected chi connectivity index (χ0v) is 11.3. The molecule has 1 aliphatic rings. The summed E-state index contributed by atoms with van der Waals surface area (Å²) in [6.45, 7) is 4.28. The van der Waals surface area contributed by atoms with E-state index in [1.165, 1.54) is 0 Å². The van der Waals surface area contributed by atoms with Crippen molar-refractivity contribution in [3.63, 3.8) is 0 Å². The highest BCUT2D eigenvalue weighted by molar-refractivity contribution is 5.39. The predicted octanol–water partition coefficient (Wildman–Crippen LogP) is 0.870. The Morgan fingerprint density at radius 1 is 1.32 bits per heavy atom. The second kappa shape index (κ2) is 6.16. The molecule has 0 spiro atoms. The van der Waals surface area contributed by atoms with Crippen LogP contribution in [0.2, 0.25) is 0 Å². The van der Waals surface area contributed by atoms with Crippen LogP contribution in [0.5, 0.6) is 5.88 Å². The Morgan fingerprint density at radius 3 is 2.79 bits per heavy atom. The lowest BCUT2D eigenvalue weighted by atomic mass is 9.90. The Morgan fingerprint density at radius 2 is 2.11 bits per heavy atom. The molecule has 1 fully saturated rings. The van der Waals surface area contributed by atoms with Crippen LogP contribution in [-0.2, 0) is 0 Å². The first-order valence-electron chi connectivity index (χ1n) is 6.69. The van der Waals surface area contributed by atoms with Crippen molar-refractivity contribution in [1.82, 2.24) is 9.97 Å². The Labute approximate surface area is 112 Å². The fourth-order valence-corrected chi connectivity index (χ4v) is 2.31. The van der Waals surface area contributed by atoms with Crippen molar-refractivity contribution < 1.29 is 14.9 Å². The van der Waals surface area contributed by atoms with Crippen LogP contribution in [0.1, 0.15) is 32.0 Å². The Hall–Kier alpha value is -1.40. The Kier molecular flexibility index (Phi) is 4.55. The van der Waals surface area contributed by atoms with Gasteiger partial charge in [-0.3, -0.25) is 0 Å². The number of rotatable bonds is 4. The molecule has 1 aliphatic carbocycles. The fourth-order valence-electron chi connectivity index (χ4n) is 2.31. The summed E-state index contributed by atoms with van der Waals surface area (Å²) in [5.74, 6) is 1.89. The topological polar surface area (TPSA) is 87.5 Å². The molecule has 19 heavy (non-hydrogen) atoms. The van der Waals surface area contributed by atoms with Crippen molar-refractivity contribution in [3.05, 3.63) is 11.9 Å². The van der Waals surface area contributed by atoms with Gasteiger partial charge in [-0.2, -0.15) is 4.98 Å². The van der Waals surface area contributed by atoms with Gasteiger partial charge in [-0.25, -0.2) is 4.98 Å². The van der Waals surface area contributed by atoms with Gasteiger partial charge in [-0.1, -0.05) is 0 Å². The van der Waals surface area contributed by atoms with Crippen molar-refractivity contribution in [2.45, 2.75) is 51.4 Å². The molecule has 1 aromatic rings. The molecule has 1 heterocycles. The molecule has 2 rings (SSSR count). The number of anilines is 1. The Bertz CT molecular complexity index is 428. The van der Waals surface area contributed by atoms with Gasteiger partial charge in [-0.15, -0.1) is 0 Å². The van der Waals surface area contributed by atoms with Crippen molar-refractivity contribution in [1.29, 1.82) is 0 Å². The van der Waals surface area contributed by atoms with Crippen LogP contribution in [0.15, 0.2) is 6.07 Å². The lowest BCUT2D eigenvalue weighted by molar-refractivity contribution is -0.0120. The molecule has 0 radical (unpaired) electrons. The third kappa shape index (κ3) is 3.78. The standard InChI is InChI=1S/C13H21N3O3/c1-3-19-13-7-12(14-8(2)15-13)16-9-4-5-10(17)11(18)6-9/h7,9-11,17-18H,3-6H2,1-2H3,(H,14,15,16)/t9?,10-,11+/m1/s1. The van der Waals surface area contributed by atoms with Gasteiger partial charge in [0.25, 0.3) is 0 Å². The van der Waals surface area contributed by atoms with Crippen molar-refractivity contribution in [3.8, 4) is 5.88 Å². The highest BCUT2D eigenvalue weighted by atomic mass is 16.5. The number of nitrogens with one attached hydrogen (secondary N) is 1. The van der Waals surface area contributed by atoms with E-state index in [1.807, 2.05) is 13.8 Å². The Balaban J connectivity index is 2.02. The summed E-state index contributed by atoms with van der Waals surface area (Å²) in [5, 5.41) is 22.4. The number of hydrogen-bond acceptors (Lipinski definition) is 6. The number of nitrogens with zero attached hydrogens (tertiary/aromatic N) is 2. The van der Waals surface area contributed by atoms with E-state index in [9.17, 15) is 10.2 Å². The van der Waals surface area contributed by atoms with Crippen LogP contribution in [0.4, 0.5) is 5.82 Å². The average molecular weight is 267 g/mol. The summed E-state index contributed by atoms with van der Waals surface area (Å²) in [6, 6.07) is 1.87. The number of aliphatic hydroxyl groups is 2. The maximum absolute atomic E-state index is 9.67. The third-order valence-electron chi connectivity index (χ3n) is 3.24. The van der Waals surface area contributed by atoms with Crippen LogP contribution in [-0.4, -0.2) is 45.0 Å². The predicted molar refractivity (Wildman–Crippen MR) is 71.2 cm³/mol. The smallest absolute Gasteiger partial charge is 0.218 e. The minimum Gasteiger partial charge on any atom is -0.478 e. The van der Waals surface area contributed by atoms with E-state index in [0.717, 1.165) is 6.42 Å². The number of aliphatic hydroxyl groups excluding tert-OH is 2. The molecule has 0 bridgehead atoms. The van der Waals surface area contributed by atoms with Crippen molar-refractivity contribution in [2.75, 3.05) is 11.9 Å². The van der Waals surface area contributed by atoms with Crippen LogP contribution in [0.25, 0.3) is 0 Å².